The number of carbonyl (C=O) groups is 2. The fraction of sp³-hybridized carbons (Fsp3) is 0.188. The molecule has 1 unspecified atom stereocenters. The Morgan fingerprint density at radius 1 is 1.24 bits per heavy atom. The molecule has 3 rings (SSSR count). The van der Waals surface area contributed by atoms with Crippen LogP contribution in [0, 0.1) is 0 Å². The normalized spacial score (nSPS) is 12.1. The van der Waals surface area contributed by atoms with Crippen LogP contribution in [0.2, 0.25) is 0 Å². The molecule has 2 N–H and O–H groups in total. The first-order valence-electron chi connectivity index (χ1n) is 7.40. The summed E-state index contributed by atoms with van der Waals surface area (Å²) in [5.41, 5.74) is 5.93. The minimum atomic E-state index is -0.864. The van der Waals surface area contributed by atoms with Gasteiger partial charge in [-0.25, -0.2) is 4.79 Å². The molecule has 8 nitrogen and oxygen atoms in total. The average Bonchev–Trinajstić information content (AvgIpc) is 3.09. The van der Waals surface area contributed by atoms with E-state index < -0.39 is 23.6 Å². The van der Waals surface area contributed by atoms with Gasteiger partial charge in [0.25, 0.3) is 11.8 Å². The maximum atomic E-state index is 12.3. The van der Waals surface area contributed by atoms with Crippen molar-refractivity contribution in [1.29, 1.82) is 0 Å². The van der Waals surface area contributed by atoms with Crippen LogP contribution in [0.3, 0.4) is 0 Å². The summed E-state index contributed by atoms with van der Waals surface area (Å²) in [5.74, 6) is -1.66. The van der Waals surface area contributed by atoms with Crippen molar-refractivity contribution in [1.82, 2.24) is 20.0 Å². The topological polar surface area (TPSA) is 98.3 Å². The van der Waals surface area contributed by atoms with E-state index in [1.54, 1.807) is 55.1 Å². The Labute approximate surface area is 150 Å². The second kappa shape index (κ2) is 6.60. The van der Waals surface area contributed by atoms with Gasteiger partial charge in [-0.05, 0) is 41.1 Å². The standard InChI is InChI=1S/C16H15BrN4O4/c1-9(21-11-5-3-4-6-13(11)25-16(21)24)14(22)18-19-15(23)12-7-10(17)8-20(12)2/h3-9H,1-2H3,(H,18,22)(H,19,23). The molecule has 0 aliphatic rings. The van der Waals surface area contributed by atoms with Crippen molar-refractivity contribution in [3.63, 3.8) is 0 Å². The van der Waals surface area contributed by atoms with Crippen LogP contribution in [0.4, 0.5) is 0 Å². The van der Waals surface area contributed by atoms with Crippen LogP contribution in [0.1, 0.15) is 23.5 Å². The molecule has 2 amide bonds. The number of halogens is 1. The van der Waals surface area contributed by atoms with E-state index in [4.69, 9.17) is 4.42 Å². The number of oxazole rings is 1. The molecule has 25 heavy (non-hydrogen) atoms. The third kappa shape index (κ3) is 3.22. The second-order valence-electron chi connectivity index (χ2n) is 5.48. The predicted molar refractivity (Wildman–Crippen MR) is 93.9 cm³/mol. The van der Waals surface area contributed by atoms with E-state index in [2.05, 4.69) is 26.8 Å². The van der Waals surface area contributed by atoms with Crippen LogP contribution in [0.15, 0.2) is 50.2 Å². The smallest absolute Gasteiger partial charge is 0.408 e. The number of aryl methyl sites for hydroxylation is 1. The van der Waals surface area contributed by atoms with Gasteiger partial charge in [0, 0.05) is 17.7 Å². The van der Waals surface area contributed by atoms with Crippen molar-refractivity contribution >= 4 is 38.8 Å². The zero-order chi connectivity index (χ0) is 18.1. The molecule has 0 radical (unpaired) electrons. The van der Waals surface area contributed by atoms with Crippen LogP contribution in [-0.4, -0.2) is 20.9 Å². The number of fused-ring (bicyclic) bond motifs is 1. The largest absolute Gasteiger partial charge is 0.420 e. The van der Waals surface area contributed by atoms with Crippen molar-refractivity contribution < 1.29 is 14.0 Å². The van der Waals surface area contributed by atoms with Gasteiger partial charge in [0.1, 0.15) is 11.7 Å². The fourth-order valence-corrected chi connectivity index (χ4v) is 3.03. The molecule has 1 aromatic carbocycles. The van der Waals surface area contributed by atoms with Crippen molar-refractivity contribution in [2.45, 2.75) is 13.0 Å². The molecule has 130 valence electrons. The molecule has 0 aliphatic carbocycles. The van der Waals surface area contributed by atoms with Gasteiger partial charge in [-0.1, -0.05) is 12.1 Å². The maximum absolute atomic E-state index is 12.3. The number of hydrogen-bond acceptors (Lipinski definition) is 4. The van der Waals surface area contributed by atoms with Crippen molar-refractivity contribution in [2.75, 3.05) is 0 Å². The summed E-state index contributed by atoms with van der Waals surface area (Å²) in [6.07, 6.45) is 1.72. The monoisotopic (exact) mass is 406 g/mol. The minimum Gasteiger partial charge on any atom is -0.408 e. The van der Waals surface area contributed by atoms with Gasteiger partial charge >= 0.3 is 5.76 Å². The van der Waals surface area contributed by atoms with Crippen LogP contribution < -0.4 is 16.6 Å². The summed E-state index contributed by atoms with van der Waals surface area (Å²) in [4.78, 5) is 36.4. The molecule has 1 atom stereocenters. The molecular formula is C16H15BrN4O4. The second-order valence-corrected chi connectivity index (χ2v) is 6.40. The van der Waals surface area contributed by atoms with Crippen molar-refractivity contribution in [2.24, 2.45) is 7.05 Å². The third-order valence-electron chi connectivity index (χ3n) is 3.79. The summed E-state index contributed by atoms with van der Waals surface area (Å²) in [6.45, 7) is 1.55. The van der Waals surface area contributed by atoms with E-state index >= 15 is 0 Å². The number of benzene rings is 1. The zero-order valence-electron chi connectivity index (χ0n) is 13.4. The number of amides is 2. The van der Waals surface area contributed by atoms with Crippen molar-refractivity contribution in [3.05, 3.63) is 57.2 Å². The molecular weight excluding hydrogens is 392 g/mol. The van der Waals surface area contributed by atoms with Gasteiger partial charge in [-0.15, -0.1) is 0 Å². The Kier molecular flexibility index (Phi) is 4.49. The summed E-state index contributed by atoms with van der Waals surface area (Å²) < 4.78 is 8.71. The summed E-state index contributed by atoms with van der Waals surface area (Å²) >= 11 is 3.27. The fourth-order valence-electron chi connectivity index (χ4n) is 2.50. The minimum absolute atomic E-state index is 0.366. The lowest BCUT2D eigenvalue weighted by atomic mass is 10.2. The van der Waals surface area contributed by atoms with Crippen LogP contribution in [-0.2, 0) is 11.8 Å². The number of hydrogen-bond donors (Lipinski definition) is 2. The predicted octanol–water partition coefficient (Wildman–Crippen LogP) is 1.72. The molecule has 0 saturated heterocycles. The van der Waals surface area contributed by atoms with Gasteiger partial charge in [-0.2, -0.15) is 0 Å². The van der Waals surface area contributed by atoms with Gasteiger partial charge in [0.15, 0.2) is 5.58 Å². The van der Waals surface area contributed by atoms with Crippen LogP contribution in [0.5, 0.6) is 0 Å². The SMILES string of the molecule is CC(C(=O)NNC(=O)c1cc(Br)cn1C)n1c(=O)oc2ccccc21. The molecule has 0 spiro atoms. The molecule has 0 aliphatic heterocycles. The lowest BCUT2D eigenvalue weighted by Gasteiger charge is -2.14. The van der Waals surface area contributed by atoms with Gasteiger partial charge in [0.05, 0.1) is 5.52 Å². The number of rotatable bonds is 3. The summed E-state index contributed by atoms with van der Waals surface area (Å²) in [7, 11) is 1.71. The Morgan fingerprint density at radius 3 is 2.64 bits per heavy atom. The number of carbonyl (C=O) groups excluding carboxylic acids is 2. The van der Waals surface area contributed by atoms with E-state index in [-0.39, 0.29) is 0 Å². The highest BCUT2D eigenvalue weighted by Crippen LogP contribution is 2.16. The number of hydrazine groups is 1. The average molecular weight is 407 g/mol. The Balaban J connectivity index is 1.74. The van der Waals surface area contributed by atoms with Gasteiger partial charge in [0.2, 0.25) is 0 Å². The molecule has 2 heterocycles. The van der Waals surface area contributed by atoms with E-state index in [1.807, 2.05) is 0 Å². The highest BCUT2D eigenvalue weighted by atomic mass is 79.9. The number of nitrogens with one attached hydrogen (secondary N) is 2. The lowest BCUT2D eigenvalue weighted by Crippen LogP contribution is -2.45. The van der Waals surface area contributed by atoms with Gasteiger partial charge in [-0.3, -0.25) is 25.0 Å². The summed E-state index contributed by atoms with van der Waals surface area (Å²) in [5, 5.41) is 0. The molecule has 9 heteroatoms. The van der Waals surface area contributed by atoms with E-state index in [0.29, 0.717) is 16.8 Å². The maximum Gasteiger partial charge on any atom is 0.420 e. The first-order valence-corrected chi connectivity index (χ1v) is 8.20. The quantitative estimate of drug-likeness (QED) is 0.646. The Morgan fingerprint density at radius 2 is 1.96 bits per heavy atom. The van der Waals surface area contributed by atoms with E-state index in [0.717, 1.165) is 4.47 Å². The van der Waals surface area contributed by atoms with Crippen molar-refractivity contribution in [3.8, 4) is 0 Å². The van der Waals surface area contributed by atoms with Crippen LogP contribution in [0.25, 0.3) is 11.1 Å². The number of para-hydroxylation sites is 2. The molecule has 3 aromatic rings. The lowest BCUT2D eigenvalue weighted by molar-refractivity contribution is -0.124. The number of aromatic nitrogens is 2. The Hall–Kier alpha value is -2.81. The number of nitrogens with zero attached hydrogens (tertiary/aromatic N) is 2. The Bertz CT molecular complexity index is 1020. The molecule has 0 bridgehead atoms. The summed E-state index contributed by atoms with van der Waals surface area (Å²) in [6, 6.07) is 7.57. The zero-order valence-corrected chi connectivity index (χ0v) is 15.0. The highest BCUT2D eigenvalue weighted by Gasteiger charge is 2.22. The molecule has 2 aromatic heterocycles. The highest BCUT2D eigenvalue weighted by molar-refractivity contribution is 9.10. The first-order chi connectivity index (χ1) is 11.9. The first kappa shape index (κ1) is 17.0. The van der Waals surface area contributed by atoms with E-state index in [9.17, 15) is 14.4 Å². The van der Waals surface area contributed by atoms with Gasteiger partial charge < -0.3 is 8.98 Å². The van der Waals surface area contributed by atoms with Crippen LogP contribution >= 0.6 is 15.9 Å². The van der Waals surface area contributed by atoms with E-state index in [1.165, 1.54) is 4.57 Å². The molecule has 0 saturated carbocycles. The molecule has 0 fully saturated rings. The third-order valence-corrected chi connectivity index (χ3v) is 4.22.